The van der Waals surface area contributed by atoms with Gasteiger partial charge in [0.05, 0.1) is 14.2 Å². The Hall–Kier alpha value is 0.137. The van der Waals surface area contributed by atoms with Crippen molar-refractivity contribution in [2.24, 2.45) is 0 Å². The summed E-state index contributed by atoms with van der Waals surface area (Å²) in [7, 11) is -0.921. The quantitative estimate of drug-likeness (QED) is 0.678. The molecule has 1 aliphatic rings. The van der Waals surface area contributed by atoms with Gasteiger partial charge < -0.3 is 10.1 Å². The average Bonchev–Trinajstić information content (AvgIpc) is 2.29. The zero-order chi connectivity index (χ0) is 9.19. The number of ether oxygens (including phenoxy) is 1. The van der Waals surface area contributed by atoms with Crippen molar-refractivity contribution in [2.75, 3.05) is 12.8 Å². The highest BCUT2D eigenvalue weighted by Crippen LogP contribution is 2.13. The summed E-state index contributed by atoms with van der Waals surface area (Å²) >= 11 is 0. The highest BCUT2D eigenvalue weighted by atomic mass is 28.3. The first-order valence-electron chi connectivity index (χ1n) is 4.84. The van der Waals surface area contributed by atoms with Crippen LogP contribution >= 0.6 is 0 Å². The van der Waals surface area contributed by atoms with Gasteiger partial charge in [0.15, 0.2) is 0 Å². The first-order chi connectivity index (χ1) is 5.49. The van der Waals surface area contributed by atoms with Crippen molar-refractivity contribution in [2.45, 2.75) is 45.1 Å². The summed E-state index contributed by atoms with van der Waals surface area (Å²) in [4.78, 5) is 0. The van der Waals surface area contributed by atoms with Crippen molar-refractivity contribution < 1.29 is 4.74 Å². The topological polar surface area (TPSA) is 21.3 Å². The largest absolute Gasteiger partial charge is 0.377 e. The maximum absolute atomic E-state index is 5.48. The molecule has 1 aliphatic heterocycles. The Morgan fingerprint density at radius 2 is 2.08 bits per heavy atom. The minimum absolute atomic E-state index is 0.418. The first kappa shape index (κ1) is 10.2. The van der Waals surface area contributed by atoms with Crippen LogP contribution in [0.3, 0.4) is 0 Å². The van der Waals surface area contributed by atoms with E-state index in [-0.39, 0.29) is 0 Å². The molecule has 1 fully saturated rings. The standard InChI is InChI=1S/C9H21NOSi/c1-8-9(5-6-11-8)10-7-12(2,3)4/h8-10H,5-7H2,1-4H3/t8-,9-/m1/s1. The lowest BCUT2D eigenvalue weighted by Gasteiger charge is -2.22. The van der Waals surface area contributed by atoms with E-state index in [9.17, 15) is 0 Å². The summed E-state index contributed by atoms with van der Waals surface area (Å²) in [5.74, 6) is 0. The maximum Gasteiger partial charge on any atom is 0.0700 e. The molecule has 1 saturated heterocycles. The molecule has 1 heterocycles. The summed E-state index contributed by atoms with van der Waals surface area (Å²) in [5.41, 5.74) is 0. The van der Waals surface area contributed by atoms with E-state index in [0.717, 1.165) is 6.61 Å². The van der Waals surface area contributed by atoms with Crippen LogP contribution < -0.4 is 5.32 Å². The lowest BCUT2D eigenvalue weighted by atomic mass is 10.2. The van der Waals surface area contributed by atoms with E-state index in [1.165, 1.54) is 12.6 Å². The zero-order valence-electron chi connectivity index (χ0n) is 8.68. The van der Waals surface area contributed by atoms with Crippen molar-refractivity contribution in [3.05, 3.63) is 0 Å². The highest BCUT2D eigenvalue weighted by molar-refractivity contribution is 6.76. The van der Waals surface area contributed by atoms with Gasteiger partial charge in [-0.15, -0.1) is 0 Å². The van der Waals surface area contributed by atoms with Crippen molar-refractivity contribution in [3.63, 3.8) is 0 Å². The van der Waals surface area contributed by atoms with Crippen LogP contribution in [0.15, 0.2) is 0 Å². The van der Waals surface area contributed by atoms with Gasteiger partial charge in [0.1, 0.15) is 0 Å². The van der Waals surface area contributed by atoms with E-state index in [1.54, 1.807) is 0 Å². The molecule has 12 heavy (non-hydrogen) atoms. The van der Waals surface area contributed by atoms with Crippen molar-refractivity contribution in [1.29, 1.82) is 0 Å². The molecule has 0 saturated carbocycles. The normalized spacial score (nSPS) is 31.0. The SMILES string of the molecule is C[C@H]1OCC[C@H]1NC[Si](C)(C)C. The third-order valence-corrected chi connectivity index (χ3v) is 3.54. The van der Waals surface area contributed by atoms with Gasteiger partial charge in [0.25, 0.3) is 0 Å². The number of hydrogen-bond acceptors (Lipinski definition) is 2. The Balaban J connectivity index is 2.23. The van der Waals surface area contributed by atoms with Crippen LogP contribution in [0.1, 0.15) is 13.3 Å². The van der Waals surface area contributed by atoms with E-state index < -0.39 is 8.07 Å². The minimum atomic E-state index is -0.921. The van der Waals surface area contributed by atoms with E-state index in [1.807, 2.05) is 0 Å². The van der Waals surface area contributed by atoms with Gasteiger partial charge in [0.2, 0.25) is 0 Å². The lowest BCUT2D eigenvalue weighted by molar-refractivity contribution is 0.114. The molecule has 0 aromatic heterocycles. The van der Waals surface area contributed by atoms with Gasteiger partial charge in [-0.25, -0.2) is 0 Å². The molecule has 0 aromatic carbocycles. The van der Waals surface area contributed by atoms with Gasteiger partial charge in [-0.2, -0.15) is 0 Å². The predicted octanol–water partition coefficient (Wildman–Crippen LogP) is 1.63. The molecule has 0 spiro atoms. The highest BCUT2D eigenvalue weighted by Gasteiger charge is 2.25. The van der Waals surface area contributed by atoms with Crippen LogP contribution in [-0.2, 0) is 4.74 Å². The molecule has 0 bridgehead atoms. The molecule has 2 atom stereocenters. The van der Waals surface area contributed by atoms with Gasteiger partial charge >= 0.3 is 0 Å². The number of hydrogen-bond donors (Lipinski definition) is 1. The Morgan fingerprint density at radius 3 is 2.50 bits per heavy atom. The van der Waals surface area contributed by atoms with Crippen molar-refractivity contribution in [3.8, 4) is 0 Å². The molecular weight excluding hydrogens is 166 g/mol. The van der Waals surface area contributed by atoms with Gasteiger partial charge in [-0.3, -0.25) is 0 Å². The average molecular weight is 187 g/mol. The fourth-order valence-corrected chi connectivity index (χ4v) is 2.31. The van der Waals surface area contributed by atoms with Crippen molar-refractivity contribution in [1.82, 2.24) is 5.32 Å². The fourth-order valence-electron chi connectivity index (χ4n) is 1.44. The number of rotatable bonds is 3. The zero-order valence-corrected chi connectivity index (χ0v) is 9.68. The molecule has 0 amide bonds. The smallest absolute Gasteiger partial charge is 0.0700 e. The van der Waals surface area contributed by atoms with Crippen LogP contribution in [0.5, 0.6) is 0 Å². The van der Waals surface area contributed by atoms with E-state index in [4.69, 9.17) is 4.74 Å². The van der Waals surface area contributed by atoms with E-state index in [2.05, 4.69) is 31.9 Å². The second kappa shape index (κ2) is 3.90. The molecular formula is C9H21NOSi. The van der Waals surface area contributed by atoms with Crippen LogP contribution in [0.25, 0.3) is 0 Å². The Kier molecular flexibility index (Phi) is 3.32. The Bertz CT molecular complexity index is 144. The first-order valence-corrected chi connectivity index (χ1v) is 8.55. The molecule has 0 aromatic rings. The summed E-state index contributed by atoms with van der Waals surface area (Å²) in [6.07, 6.45) is 2.82. The summed E-state index contributed by atoms with van der Waals surface area (Å²) < 4.78 is 5.48. The van der Waals surface area contributed by atoms with Gasteiger partial charge in [0, 0.05) is 12.6 Å². The molecule has 1 rings (SSSR count). The monoisotopic (exact) mass is 187 g/mol. The molecule has 0 aliphatic carbocycles. The second-order valence-electron chi connectivity index (χ2n) is 4.91. The van der Waals surface area contributed by atoms with Gasteiger partial charge in [-0.1, -0.05) is 19.6 Å². The lowest BCUT2D eigenvalue weighted by Crippen LogP contribution is -2.44. The molecule has 0 radical (unpaired) electrons. The number of nitrogens with one attached hydrogen (secondary N) is 1. The maximum atomic E-state index is 5.48. The van der Waals surface area contributed by atoms with Crippen molar-refractivity contribution >= 4 is 8.07 Å². The third kappa shape index (κ3) is 3.25. The Morgan fingerprint density at radius 1 is 1.42 bits per heavy atom. The summed E-state index contributed by atoms with van der Waals surface area (Å²) in [5, 5.41) is 3.61. The summed E-state index contributed by atoms with van der Waals surface area (Å²) in [6, 6.07) is 0.608. The van der Waals surface area contributed by atoms with Crippen LogP contribution in [0, 0.1) is 0 Å². The van der Waals surface area contributed by atoms with Crippen LogP contribution in [-0.4, -0.2) is 33.0 Å². The fraction of sp³-hybridized carbons (Fsp3) is 1.00. The molecule has 1 N–H and O–H groups in total. The molecule has 3 heteroatoms. The summed E-state index contributed by atoms with van der Waals surface area (Å²) in [6.45, 7) is 10.3. The second-order valence-corrected chi connectivity index (χ2v) is 10.4. The van der Waals surface area contributed by atoms with E-state index in [0.29, 0.717) is 12.1 Å². The van der Waals surface area contributed by atoms with Crippen LogP contribution in [0.2, 0.25) is 19.6 Å². The molecule has 72 valence electrons. The van der Waals surface area contributed by atoms with Gasteiger partial charge in [-0.05, 0) is 19.5 Å². The third-order valence-electron chi connectivity index (χ3n) is 2.27. The Labute approximate surface area is 76.7 Å². The predicted molar refractivity (Wildman–Crippen MR) is 55.2 cm³/mol. The molecule has 0 unspecified atom stereocenters. The minimum Gasteiger partial charge on any atom is -0.377 e. The van der Waals surface area contributed by atoms with E-state index >= 15 is 0 Å². The molecule has 2 nitrogen and oxygen atoms in total. The van der Waals surface area contributed by atoms with Crippen LogP contribution in [0.4, 0.5) is 0 Å².